The summed E-state index contributed by atoms with van der Waals surface area (Å²) < 4.78 is 2.63. The Balaban J connectivity index is 0.991. The van der Waals surface area contributed by atoms with Crippen molar-refractivity contribution in [2.75, 3.05) is 4.90 Å². The second kappa shape index (κ2) is 14.7. The number of rotatable bonds is 7. The molecule has 0 N–H and O–H groups in total. The van der Waals surface area contributed by atoms with E-state index >= 15 is 0 Å². The molecule has 1 spiro atoms. The predicted molar refractivity (Wildman–Crippen MR) is 287 cm³/mol. The summed E-state index contributed by atoms with van der Waals surface area (Å²) in [5, 5.41) is 5.11. The third-order valence-corrected chi connectivity index (χ3v) is 18.1. The summed E-state index contributed by atoms with van der Waals surface area (Å²) in [7, 11) is 0. The van der Waals surface area contributed by atoms with E-state index in [0.717, 1.165) is 35.0 Å². The van der Waals surface area contributed by atoms with Crippen LogP contribution in [0.3, 0.4) is 0 Å². The first-order valence-corrected chi connectivity index (χ1v) is 25.4. The van der Waals surface area contributed by atoms with E-state index < -0.39 is 0 Å². The smallest absolute Gasteiger partial charge is 0.0541 e. The zero-order valence-corrected chi connectivity index (χ0v) is 38.5. The molecule has 4 unspecified atom stereocenters. The van der Waals surface area contributed by atoms with Crippen LogP contribution in [0.2, 0.25) is 0 Å². The van der Waals surface area contributed by atoms with Gasteiger partial charge in [-0.05, 0) is 129 Å². The molecule has 0 saturated heterocycles. The van der Waals surface area contributed by atoms with Gasteiger partial charge in [0.15, 0.2) is 0 Å². The molecule has 4 fully saturated rings. The zero-order valence-electron chi connectivity index (χ0n) is 37.6. The highest BCUT2D eigenvalue weighted by Crippen LogP contribution is 2.77. The van der Waals surface area contributed by atoms with Crippen LogP contribution in [0.1, 0.15) is 30.4 Å². The summed E-state index contributed by atoms with van der Waals surface area (Å²) in [5.41, 5.74) is 19.5. The van der Waals surface area contributed by atoms with Gasteiger partial charge in [0.2, 0.25) is 0 Å². The molecular weight excluding hydrogens is 839 g/mol. The fourth-order valence-electron chi connectivity index (χ4n) is 14.5. The molecule has 4 bridgehead atoms. The second-order valence-corrected chi connectivity index (χ2v) is 20.9. The van der Waals surface area contributed by atoms with Gasteiger partial charge in [0.25, 0.3) is 0 Å². The van der Waals surface area contributed by atoms with Crippen molar-refractivity contribution in [3.63, 3.8) is 0 Å². The van der Waals surface area contributed by atoms with Gasteiger partial charge in [-0.3, -0.25) is 0 Å². The normalized spacial score (nSPS) is 20.5. The van der Waals surface area contributed by atoms with Crippen LogP contribution in [0.4, 0.5) is 17.1 Å². The number of benzene rings is 10. The Morgan fingerprint density at radius 2 is 0.912 bits per heavy atom. The van der Waals surface area contributed by atoms with Crippen LogP contribution in [-0.2, 0) is 5.41 Å². The number of para-hydroxylation sites is 3. The van der Waals surface area contributed by atoms with Crippen LogP contribution in [0.15, 0.2) is 224 Å². The quantitative estimate of drug-likeness (QED) is 0.154. The third kappa shape index (κ3) is 5.33. The van der Waals surface area contributed by atoms with Crippen molar-refractivity contribution < 1.29 is 0 Å². The minimum absolute atomic E-state index is 0.122. The molecule has 0 amide bonds. The van der Waals surface area contributed by atoms with Crippen molar-refractivity contribution in [2.24, 2.45) is 23.7 Å². The SMILES string of the molecule is c1ccc(-c2cccc3cccc(-c4ccccc4N(c4ccccc4-c4ccc5c(c4)C4(c6ccccc6-5)C5CC6CC5CC64)c4ccccc4-c4cccc5c4sc4ccccc45)c23)cc1. The number of anilines is 3. The maximum Gasteiger partial charge on any atom is 0.0541 e. The molecule has 1 aromatic heterocycles. The maximum absolute atomic E-state index is 2.65. The van der Waals surface area contributed by atoms with Gasteiger partial charge in [-0.2, -0.15) is 0 Å². The van der Waals surface area contributed by atoms with Crippen LogP contribution in [-0.4, -0.2) is 0 Å². The molecule has 1 heterocycles. The third-order valence-electron chi connectivity index (χ3n) is 16.9. The van der Waals surface area contributed by atoms with E-state index in [1.54, 1.807) is 11.1 Å². The molecule has 10 aromatic carbocycles. The molecular formula is C66H47NS. The predicted octanol–water partition coefficient (Wildman–Crippen LogP) is 18.3. The summed E-state index contributed by atoms with van der Waals surface area (Å²) >= 11 is 1.90. The van der Waals surface area contributed by atoms with E-state index in [0.29, 0.717) is 0 Å². The molecule has 4 saturated carbocycles. The topological polar surface area (TPSA) is 3.24 Å². The van der Waals surface area contributed by atoms with E-state index in [1.165, 1.54) is 112 Å². The number of hydrogen-bond acceptors (Lipinski definition) is 2. The molecule has 1 nitrogen and oxygen atoms in total. The minimum atomic E-state index is 0.122. The van der Waals surface area contributed by atoms with Crippen molar-refractivity contribution in [3.05, 3.63) is 236 Å². The minimum Gasteiger partial charge on any atom is -0.309 e. The first-order chi connectivity index (χ1) is 33.7. The van der Waals surface area contributed by atoms with Crippen molar-refractivity contribution in [1.29, 1.82) is 0 Å². The van der Waals surface area contributed by atoms with Crippen molar-refractivity contribution >= 4 is 59.3 Å². The fraction of sp³-hybridized carbons (Fsp3) is 0.121. The molecule has 5 aliphatic rings. The Hall–Kier alpha value is -7.52. The Kier molecular flexibility index (Phi) is 8.36. The highest BCUT2D eigenvalue weighted by atomic mass is 32.1. The first-order valence-electron chi connectivity index (χ1n) is 24.5. The van der Waals surface area contributed by atoms with E-state index in [1.807, 2.05) is 11.3 Å². The molecule has 0 radical (unpaired) electrons. The molecule has 322 valence electrons. The summed E-state index contributed by atoms with van der Waals surface area (Å²) in [6.07, 6.45) is 4.21. The fourth-order valence-corrected chi connectivity index (χ4v) is 15.7. The van der Waals surface area contributed by atoms with Crippen molar-refractivity contribution in [1.82, 2.24) is 0 Å². The molecule has 0 aliphatic heterocycles. The van der Waals surface area contributed by atoms with Gasteiger partial charge in [0, 0.05) is 47.8 Å². The first kappa shape index (κ1) is 38.6. The number of fused-ring (bicyclic) bond motifs is 7. The number of hydrogen-bond donors (Lipinski definition) is 0. The van der Waals surface area contributed by atoms with Gasteiger partial charge >= 0.3 is 0 Å². The van der Waals surface area contributed by atoms with Crippen LogP contribution >= 0.6 is 11.3 Å². The monoisotopic (exact) mass is 885 g/mol. The van der Waals surface area contributed by atoms with Gasteiger partial charge in [-0.25, -0.2) is 0 Å². The van der Waals surface area contributed by atoms with Crippen LogP contribution in [0.5, 0.6) is 0 Å². The summed E-state index contributed by atoms with van der Waals surface area (Å²) in [6, 6.07) is 84.7. The standard InChI is InChI=1S/C66H47NS/c1-2-17-41(18-3-1)47-26-14-19-42-20-15-27-53(64(42)47)50-23-6-11-32-61(50)67(62-33-12-7-24-51(62)54-28-16-29-55-52-25-8-13-34-63(52)68-65(54)55)60-31-10-5-21-46(60)43-35-36-49-48-22-4-9-30-56(48)66(59(49)38-43)57-39-44-37-45(57)40-58(44)66/h1-36,38,44-45,57-58H,37,39-40H2. The summed E-state index contributed by atoms with van der Waals surface area (Å²) in [5.74, 6) is 3.17. The lowest BCUT2D eigenvalue weighted by Gasteiger charge is -2.37. The summed E-state index contributed by atoms with van der Waals surface area (Å²) in [4.78, 5) is 2.60. The van der Waals surface area contributed by atoms with Crippen LogP contribution in [0.25, 0.3) is 86.6 Å². The molecule has 2 heteroatoms. The van der Waals surface area contributed by atoms with Crippen LogP contribution in [0, 0.1) is 23.7 Å². The molecule has 16 rings (SSSR count). The number of nitrogens with zero attached hydrogens (tertiary/aromatic N) is 1. The summed E-state index contributed by atoms with van der Waals surface area (Å²) in [6.45, 7) is 0. The Morgan fingerprint density at radius 1 is 0.368 bits per heavy atom. The maximum atomic E-state index is 2.65. The lowest BCUT2D eigenvalue weighted by atomic mass is 9.66. The van der Waals surface area contributed by atoms with Crippen molar-refractivity contribution in [2.45, 2.75) is 24.7 Å². The van der Waals surface area contributed by atoms with E-state index in [9.17, 15) is 0 Å². The van der Waals surface area contributed by atoms with Gasteiger partial charge in [0.1, 0.15) is 0 Å². The second-order valence-electron chi connectivity index (χ2n) is 19.9. The van der Waals surface area contributed by atoms with Crippen molar-refractivity contribution in [3.8, 4) is 55.6 Å². The van der Waals surface area contributed by atoms with E-state index in [2.05, 4.69) is 229 Å². The largest absolute Gasteiger partial charge is 0.309 e. The Bertz CT molecular complexity index is 3820. The lowest BCUT2D eigenvalue weighted by molar-refractivity contribution is 0.307. The highest BCUT2D eigenvalue weighted by molar-refractivity contribution is 7.26. The van der Waals surface area contributed by atoms with E-state index in [-0.39, 0.29) is 5.41 Å². The zero-order chi connectivity index (χ0) is 44.5. The highest BCUT2D eigenvalue weighted by Gasteiger charge is 2.70. The number of thiophene rings is 1. The van der Waals surface area contributed by atoms with Crippen LogP contribution < -0.4 is 4.90 Å². The van der Waals surface area contributed by atoms with E-state index in [4.69, 9.17) is 0 Å². The average molecular weight is 886 g/mol. The lowest BCUT2D eigenvalue weighted by Crippen LogP contribution is -2.34. The molecule has 68 heavy (non-hydrogen) atoms. The van der Waals surface area contributed by atoms with Gasteiger partial charge in [-0.15, -0.1) is 11.3 Å². The Labute approximate surface area is 401 Å². The van der Waals surface area contributed by atoms with Gasteiger partial charge in [0.05, 0.1) is 17.1 Å². The average Bonchev–Trinajstić information content (AvgIpc) is 4.27. The van der Waals surface area contributed by atoms with Gasteiger partial charge < -0.3 is 4.90 Å². The molecule has 11 aromatic rings. The van der Waals surface area contributed by atoms with Gasteiger partial charge in [-0.1, -0.05) is 194 Å². The molecule has 4 atom stereocenters. The molecule has 5 aliphatic carbocycles. The Morgan fingerprint density at radius 3 is 1.66 bits per heavy atom.